The van der Waals surface area contributed by atoms with Crippen molar-refractivity contribution in [2.75, 3.05) is 5.32 Å². The predicted octanol–water partition coefficient (Wildman–Crippen LogP) is 3.19. The summed E-state index contributed by atoms with van der Waals surface area (Å²) in [4.78, 5) is 17.7. The minimum absolute atomic E-state index is 0.120. The van der Waals surface area contributed by atoms with Crippen LogP contribution >= 0.6 is 33.9 Å². The first-order valence-electron chi connectivity index (χ1n) is 5.92. The van der Waals surface area contributed by atoms with Crippen molar-refractivity contribution >= 4 is 45.0 Å². The number of carbonyl (C=O) groups excluding carboxylic acids is 1. The lowest BCUT2D eigenvalue weighted by Crippen LogP contribution is -2.11. The Morgan fingerprint density at radius 2 is 2.26 bits per heavy atom. The van der Waals surface area contributed by atoms with Gasteiger partial charge in [-0.05, 0) is 60.1 Å². The van der Waals surface area contributed by atoms with Crippen LogP contribution in [0.4, 0.5) is 5.13 Å². The van der Waals surface area contributed by atoms with E-state index in [4.69, 9.17) is 0 Å². The van der Waals surface area contributed by atoms with Crippen LogP contribution in [0.25, 0.3) is 0 Å². The molecule has 1 aliphatic rings. The van der Waals surface area contributed by atoms with Crippen molar-refractivity contribution in [2.45, 2.75) is 19.3 Å². The number of aromatic hydroxyl groups is 1. The lowest BCUT2D eigenvalue weighted by atomic mass is 10.2. The van der Waals surface area contributed by atoms with E-state index in [0.717, 1.165) is 28.5 Å². The summed E-state index contributed by atoms with van der Waals surface area (Å²) < 4.78 is 0.724. The zero-order valence-electron chi connectivity index (χ0n) is 9.94. The van der Waals surface area contributed by atoms with Crippen LogP contribution in [0.3, 0.4) is 0 Å². The first-order valence-corrected chi connectivity index (χ1v) is 7.81. The number of rotatable bonds is 2. The highest BCUT2D eigenvalue weighted by Crippen LogP contribution is 2.30. The van der Waals surface area contributed by atoms with Gasteiger partial charge in [-0.25, -0.2) is 4.98 Å². The van der Waals surface area contributed by atoms with Crippen LogP contribution in [0.1, 0.15) is 27.3 Å². The highest BCUT2D eigenvalue weighted by Gasteiger charge is 2.18. The molecule has 0 aliphatic heterocycles. The van der Waals surface area contributed by atoms with Gasteiger partial charge in [-0.2, -0.15) is 0 Å². The molecule has 4 nitrogen and oxygen atoms in total. The number of fused-ring (bicyclic) bond motifs is 1. The lowest BCUT2D eigenvalue weighted by Gasteiger charge is -2.03. The van der Waals surface area contributed by atoms with E-state index in [2.05, 4.69) is 10.3 Å². The van der Waals surface area contributed by atoms with Crippen LogP contribution in [-0.2, 0) is 12.8 Å². The van der Waals surface area contributed by atoms with E-state index in [-0.39, 0.29) is 11.7 Å². The van der Waals surface area contributed by atoms with E-state index < -0.39 is 0 Å². The van der Waals surface area contributed by atoms with E-state index >= 15 is 0 Å². The summed E-state index contributed by atoms with van der Waals surface area (Å²) in [6.07, 6.45) is 3.23. The summed E-state index contributed by atoms with van der Waals surface area (Å²) in [6, 6.07) is 4.88. The number of carbonyl (C=O) groups is 1. The second-order valence-corrected chi connectivity index (χ2v) is 6.61. The second kappa shape index (κ2) is 5.09. The summed E-state index contributed by atoms with van der Waals surface area (Å²) in [6.45, 7) is 0. The molecule has 1 aromatic carbocycles. The largest absolute Gasteiger partial charge is 0.507 e. The molecule has 0 radical (unpaired) electrons. The minimum atomic E-state index is -0.237. The van der Waals surface area contributed by atoms with Crippen molar-refractivity contribution in [1.82, 2.24) is 4.98 Å². The van der Waals surface area contributed by atoms with Gasteiger partial charge >= 0.3 is 0 Å². The number of anilines is 1. The fourth-order valence-electron chi connectivity index (χ4n) is 2.07. The fraction of sp³-hybridized carbons (Fsp3) is 0.231. The van der Waals surface area contributed by atoms with Gasteiger partial charge in [0, 0.05) is 10.4 Å². The Bertz CT molecular complexity index is 633. The first kappa shape index (κ1) is 12.9. The number of nitrogens with one attached hydrogen (secondary N) is 1. The fourth-order valence-corrected chi connectivity index (χ4v) is 3.45. The van der Waals surface area contributed by atoms with Crippen LogP contribution in [0.5, 0.6) is 5.75 Å². The van der Waals surface area contributed by atoms with Crippen LogP contribution in [-0.4, -0.2) is 16.0 Å². The van der Waals surface area contributed by atoms with E-state index in [1.165, 1.54) is 10.9 Å². The van der Waals surface area contributed by atoms with Crippen molar-refractivity contribution in [3.05, 3.63) is 37.9 Å². The number of hydrogen-bond acceptors (Lipinski definition) is 4. The van der Waals surface area contributed by atoms with Gasteiger partial charge in [-0.1, -0.05) is 0 Å². The normalized spacial score (nSPS) is 13.3. The van der Waals surface area contributed by atoms with Crippen molar-refractivity contribution in [3.63, 3.8) is 0 Å². The molecule has 0 bridgehead atoms. The monoisotopic (exact) mass is 386 g/mol. The average molecular weight is 386 g/mol. The second-order valence-electron chi connectivity index (χ2n) is 4.36. The standard InChI is InChI=1S/C13H11IN2O2S/c14-8-5-4-7(6-10(8)17)12(18)16-13-15-9-2-1-3-11(9)19-13/h4-6,17H,1-3H2,(H,15,16,18). The van der Waals surface area contributed by atoms with Gasteiger partial charge in [-0.3, -0.25) is 10.1 Å². The Balaban J connectivity index is 1.78. The van der Waals surface area contributed by atoms with Gasteiger partial charge in [0.25, 0.3) is 5.91 Å². The summed E-state index contributed by atoms with van der Waals surface area (Å²) >= 11 is 3.56. The van der Waals surface area contributed by atoms with Crippen molar-refractivity contribution in [1.29, 1.82) is 0 Å². The Hall–Kier alpha value is -1.15. The topological polar surface area (TPSA) is 62.2 Å². The number of aryl methyl sites for hydroxylation is 2. The number of hydrogen-bond donors (Lipinski definition) is 2. The summed E-state index contributed by atoms with van der Waals surface area (Å²) in [5.41, 5.74) is 1.55. The Kier molecular flexibility index (Phi) is 3.44. The average Bonchev–Trinajstić information content (AvgIpc) is 2.93. The molecule has 0 saturated heterocycles. The molecular weight excluding hydrogens is 375 g/mol. The maximum Gasteiger partial charge on any atom is 0.257 e. The number of nitrogens with zero attached hydrogens (tertiary/aromatic N) is 1. The highest BCUT2D eigenvalue weighted by molar-refractivity contribution is 14.1. The number of aromatic nitrogens is 1. The van der Waals surface area contributed by atoms with Crippen LogP contribution in [0.2, 0.25) is 0 Å². The molecule has 0 unspecified atom stereocenters. The van der Waals surface area contributed by atoms with Gasteiger partial charge in [0.1, 0.15) is 5.75 Å². The summed E-state index contributed by atoms with van der Waals surface area (Å²) in [5.74, 6) is -0.117. The Morgan fingerprint density at radius 3 is 3.00 bits per heavy atom. The highest BCUT2D eigenvalue weighted by atomic mass is 127. The molecule has 0 spiro atoms. The number of phenols is 1. The number of amides is 1. The van der Waals surface area contributed by atoms with Gasteiger partial charge in [0.15, 0.2) is 5.13 Å². The minimum Gasteiger partial charge on any atom is -0.507 e. The van der Waals surface area contributed by atoms with Crippen LogP contribution in [0, 0.1) is 3.57 Å². The molecule has 0 atom stereocenters. The molecule has 3 rings (SSSR count). The third-order valence-corrected chi connectivity index (χ3v) is 5.01. The Labute approximate surface area is 128 Å². The molecule has 1 aromatic heterocycles. The van der Waals surface area contributed by atoms with Gasteiger partial charge < -0.3 is 5.11 Å². The molecule has 2 aromatic rings. The molecule has 2 N–H and O–H groups in total. The number of halogens is 1. The molecule has 6 heteroatoms. The SMILES string of the molecule is O=C(Nc1nc2c(s1)CCC2)c1ccc(I)c(O)c1. The van der Waals surface area contributed by atoms with Gasteiger partial charge in [0.05, 0.1) is 9.26 Å². The van der Waals surface area contributed by atoms with Gasteiger partial charge in [0.2, 0.25) is 0 Å². The number of benzene rings is 1. The zero-order valence-corrected chi connectivity index (χ0v) is 12.9. The van der Waals surface area contributed by atoms with Crippen molar-refractivity contribution in [2.24, 2.45) is 0 Å². The van der Waals surface area contributed by atoms with Crippen LogP contribution < -0.4 is 5.32 Å². The van der Waals surface area contributed by atoms with E-state index in [1.807, 2.05) is 22.6 Å². The predicted molar refractivity (Wildman–Crippen MR) is 82.9 cm³/mol. The third-order valence-electron chi connectivity index (χ3n) is 3.02. The van der Waals surface area contributed by atoms with Crippen molar-refractivity contribution < 1.29 is 9.90 Å². The van der Waals surface area contributed by atoms with E-state index in [1.54, 1.807) is 23.5 Å². The first-order chi connectivity index (χ1) is 9.13. The summed E-state index contributed by atoms with van der Waals surface area (Å²) in [7, 11) is 0. The third kappa shape index (κ3) is 2.59. The summed E-state index contributed by atoms with van der Waals surface area (Å²) in [5, 5.41) is 13.0. The molecule has 0 fully saturated rings. The smallest absolute Gasteiger partial charge is 0.257 e. The van der Waals surface area contributed by atoms with Crippen LogP contribution in [0.15, 0.2) is 18.2 Å². The Morgan fingerprint density at radius 1 is 1.42 bits per heavy atom. The molecule has 1 heterocycles. The van der Waals surface area contributed by atoms with Crippen molar-refractivity contribution in [3.8, 4) is 5.75 Å². The molecule has 19 heavy (non-hydrogen) atoms. The molecule has 1 aliphatic carbocycles. The lowest BCUT2D eigenvalue weighted by molar-refractivity contribution is 0.102. The van der Waals surface area contributed by atoms with E-state index in [9.17, 15) is 9.90 Å². The maximum absolute atomic E-state index is 12.0. The van der Waals surface area contributed by atoms with E-state index in [0.29, 0.717) is 10.7 Å². The maximum atomic E-state index is 12.0. The molecule has 1 amide bonds. The quantitative estimate of drug-likeness (QED) is 0.780. The molecule has 0 saturated carbocycles. The molecule has 98 valence electrons. The number of thiazole rings is 1. The zero-order chi connectivity index (χ0) is 13.4. The number of phenolic OH excluding ortho intramolecular Hbond substituents is 1. The molecular formula is C13H11IN2O2S. The van der Waals surface area contributed by atoms with Gasteiger partial charge in [-0.15, -0.1) is 11.3 Å².